The Bertz CT molecular complexity index is 496. The van der Waals surface area contributed by atoms with Gasteiger partial charge in [-0.05, 0) is 51.4 Å². The maximum absolute atomic E-state index is 12.4. The number of hydrogen-bond donors (Lipinski definition) is 1. The zero-order valence-electron chi connectivity index (χ0n) is 12.0. The standard InChI is InChI=1S/C15H22N2O2S/c1-12-4-5-13(20-12)14(18)17-9-6-15(19,11-17)10-16-7-2-3-8-16/h4-5,19H,2-3,6-11H2,1H3/t15-/m1/s1. The maximum Gasteiger partial charge on any atom is 0.264 e. The first kappa shape index (κ1) is 14.0. The molecule has 1 atom stereocenters. The van der Waals surface area contributed by atoms with Crippen molar-refractivity contribution >= 4 is 17.2 Å². The van der Waals surface area contributed by atoms with E-state index in [1.165, 1.54) is 24.2 Å². The Morgan fingerprint density at radius 1 is 1.35 bits per heavy atom. The van der Waals surface area contributed by atoms with E-state index in [4.69, 9.17) is 0 Å². The van der Waals surface area contributed by atoms with E-state index in [0.29, 0.717) is 26.1 Å². The average Bonchev–Trinajstić information content (AvgIpc) is 3.11. The highest BCUT2D eigenvalue weighted by Crippen LogP contribution is 2.27. The van der Waals surface area contributed by atoms with Gasteiger partial charge in [0.2, 0.25) is 0 Å². The van der Waals surface area contributed by atoms with Gasteiger partial charge in [0, 0.05) is 18.0 Å². The summed E-state index contributed by atoms with van der Waals surface area (Å²) < 4.78 is 0. The molecule has 20 heavy (non-hydrogen) atoms. The summed E-state index contributed by atoms with van der Waals surface area (Å²) in [7, 11) is 0. The lowest BCUT2D eigenvalue weighted by molar-refractivity contribution is 0.0176. The van der Waals surface area contributed by atoms with E-state index >= 15 is 0 Å². The molecule has 0 spiro atoms. The summed E-state index contributed by atoms with van der Waals surface area (Å²) in [6.45, 7) is 6.02. The van der Waals surface area contributed by atoms with Crippen LogP contribution in [0.3, 0.4) is 0 Å². The van der Waals surface area contributed by atoms with E-state index < -0.39 is 5.60 Å². The fourth-order valence-corrected chi connectivity index (χ4v) is 4.06. The zero-order valence-corrected chi connectivity index (χ0v) is 12.8. The summed E-state index contributed by atoms with van der Waals surface area (Å²) in [5.41, 5.74) is -0.716. The highest BCUT2D eigenvalue weighted by atomic mass is 32.1. The van der Waals surface area contributed by atoms with Crippen molar-refractivity contribution in [3.8, 4) is 0 Å². The number of hydrogen-bond acceptors (Lipinski definition) is 4. The number of rotatable bonds is 3. The van der Waals surface area contributed by atoms with Crippen molar-refractivity contribution in [3.05, 3.63) is 21.9 Å². The fourth-order valence-electron chi connectivity index (χ4n) is 3.22. The molecular weight excluding hydrogens is 272 g/mol. The molecule has 0 unspecified atom stereocenters. The van der Waals surface area contributed by atoms with E-state index in [1.807, 2.05) is 19.1 Å². The summed E-state index contributed by atoms with van der Waals surface area (Å²) in [5, 5.41) is 10.7. The van der Waals surface area contributed by atoms with E-state index in [2.05, 4.69) is 4.90 Å². The lowest BCUT2D eigenvalue weighted by Gasteiger charge is -2.28. The molecule has 0 saturated carbocycles. The van der Waals surface area contributed by atoms with Crippen molar-refractivity contribution in [2.24, 2.45) is 0 Å². The molecule has 3 heterocycles. The summed E-state index contributed by atoms with van der Waals surface area (Å²) >= 11 is 1.53. The van der Waals surface area contributed by atoms with Crippen LogP contribution in [0.2, 0.25) is 0 Å². The highest BCUT2D eigenvalue weighted by Gasteiger charge is 2.40. The number of likely N-dealkylation sites (tertiary alicyclic amines) is 2. The highest BCUT2D eigenvalue weighted by molar-refractivity contribution is 7.13. The van der Waals surface area contributed by atoms with Crippen LogP contribution in [0.25, 0.3) is 0 Å². The lowest BCUT2D eigenvalue weighted by atomic mass is 10.0. The summed E-state index contributed by atoms with van der Waals surface area (Å²) in [6.07, 6.45) is 3.15. The van der Waals surface area contributed by atoms with Crippen LogP contribution in [0, 0.1) is 6.92 Å². The van der Waals surface area contributed by atoms with Crippen LogP contribution in [-0.2, 0) is 0 Å². The van der Waals surface area contributed by atoms with Crippen LogP contribution < -0.4 is 0 Å². The number of thiophene rings is 1. The molecule has 5 heteroatoms. The van der Waals surface area contributed by atoms with Gasteiger partial charge in [-0.1, -0.05) is 0 Å². The number of β-amino-alcohol motifs (C(OH)–C–C–N with tert-alkyl or cyclic N) is 1. The molecule has 4 nitrogen and oxygen atoms in total. The Morgan fingerprint density at radius 3 is 2.75 bits per heavy atom. The largest absolute Gasteiger partial charge is 0.387 e. The minimum atomic E-state index is -0.716. The van der Waals surface area contributed by atoms with Gasteiger partial charge in [0.25, 0.3) is 5.91 Å². The Balaban J connectivity index is 1.62. The maximum atomic E-state index is 12.4. The van der Waals surface area contributed by atoms with Gasteiger partial charge in [-0.2, -0.15) is 0 Å². The molecule has 2 aliphatic rings. The number of carbonyl (C=O) groups is 1. The smallest absolute Gasteiger partial charge is 0.264 e. The molecule has 2 fully saturated rings. The van der Waals surface area contributed by atoms with Crippen molar-refractivity contribution in [1.29, 1.82) is 0 Å². The van der Waals surface area contributed by atoms with Crippen LogP contribution in [0.15, 0.2) is 12.1 Å². The van der Waals surface area contributed by atoms with Crippen LogP contribution in [0.5, 0.6) is 0 Å². The second-order valence-corrected chi connectivity index (χ2v) is 7.38. The van der Waals surface area contributed by atoms with E-state index in [1.54, 1.807) is 4.90 Å². The molecule has 3 rings (SSSR count). The van der Waals surface area contributed by atoms with Crippen LogP contribution in [0.4, 0.5) is 0 Å². The van der Waals surface area contributed by atoms with Crippen molar-refractivity contribution in [1.82, 2.24) is 9.80 Å². The third-order valence-corrected chi connectivity index (χ3v) is 5.28. The second-order valence-electron chi connectivity index (χ2n) is 6.09. The second kappa shape index (κ2) is 5.47. The normalized spacial score (nSPS) is 27.4. The van der Waals surface area contributed by atoms with Crippen molar-refractivity contribution in [2.75, 3.05) is 32.7 Å². The minimum absolute atomic E-state index is 0.0699. The molecule has 2 aliphatic heterocycles. The Labute approximate surface area is 124 Å². The van der Waals surface area contributed by atoms with Crippen LogP contribution in [0.1, 0.15) is 33.8 Å². The van der Waals surface area contributed by atoms with Gasteiger partial charge in [-0.25, -0.2) is 0 Å². The third-order valence-electron chi connectivity index (χ3n) is 4.29. The first-order chi connectivity index (χ1) is 9.56. The van der Waals surface area contributed by atoms with Gasteiger partial charge in [-0.3, -0.25) is 4.79 Å². The van der Waals surface area contributed by atoms with E-state index in [-0.39, 0.29) is 5.91 Å². The average molecular weight is 294 g/mol. The molecule has 0 radical (unpaired) electrons. The van der Waals surface area contributed by atoms with E-state index in [0.717, 1.165) is 22.8 Å². The van der Waals surface area contributed by atoms with Gasteiger partial charge in [0.1, 0.15) is 0 Å². The van der Waals surface area contributed by atoms with Crippen LogP contribution in [-0.4, -0.2) is 59.1 Å². The van der Waals surface area contributed by atoms with Gasteiger partial charge < -0.3 is 14.9 Å². The third kappa shape index (κ3) is 2.90. The molecule has 0 aromatic carbocycles. The molecular formula is C15H22N2O2S. The van der Waals surface area contributed by atoms with Gasteiger partial charge >= 0.3 is 0 Å². The lowest BCUT2D eigenvalue weighted by Crippen LogP contribution is -2.44. The van der Waals surface area contributed by atoms with Gasteiger partial charge in [0.15, 0.2) is 0 Å². The molecule has 1 amide bonds. The number of nitrogens with zero attached hydrogens (tertiary/aromatic N) is 2. The quantitative estimate of drug-likeness (QED) is 0.923. The van der Waals surface area contributed by atoms with Crippen molar-refractivity contribution in [2.45, 2.75) is 31.8 Å². The Morgan fingerprint density at radius 2 is 2.10 bits per heavy atom. The SMILES string of the molecule is Cc1ccc(C(=O)N2CC[C@@](O)(CN3CCCC3)C2)s1. The molecule has 1 aromatic rings. The number of aliphatic hydroxyl groups is 1. The first-order valence-electron chi connectivity index (χ1n) is 7.36. The van der Waals surface area contributed by atoms with Gasteiger partial charge in [-0.15, -0.1) is 11.3 Å². The first-order valence-corrected chi connectivity index (χ1v) is 8.18. The zero-order chi connectivity index (χ0) is 14.2. The van der Waals surface area contributed by atoms with Gasteiger partial charge in [0.05, 0.1) is 17.0 Å². The molecule has 2 saturated heterocycles. The monoisotopic (exact) mass is 294 g/mol. The van der Waals surface area contributed by atoms with Crippen molar-refractivity contribution < 1.29 is 9.90 Å². The topological polar surface area (TPSA) is 43.8 Å². The Kier molecular flexibility index (Phi) is 3.84. The summed E-state index contributed by atoms with van der Waals surface area (Å²) in [4.78, 5) is 18.5. The van der Waals surface area contributed by atoms with Crippen molar-refractivity contribution in [3.63, 3.8) is 0 Å². The molecule has 1 N–H and O–H groups in total. The fraction of sp³-hybridized carbons (Fsp3) is 0.667. The molecule has 1 aromatic heterocycles. The molecule has 110 valence electrons. The predicted octanol–water partition coefficient (Wildman–Crippen LogP) is 1.73. The number of aryl methyl sites for hydroxylation is 1. The summed E-state index contributed by atoms with van der Waals surface area (Å²) in [5.74, 6) is 0.0699. The van der Waals surface area contributed by atoms with Crippen LogP contribution >= 0.6 is 11.3 Å². The molecule has 0 aliphatic carbocycles. The summed E-state index contributed by atoms with van der Waals surface area (Å²) in [6, 6.07) is 3.87. The predicted molar refractivity (Wildman–Crippen MR) is 80.2 cm³/mol. The number of carbonyl (C=O) groups excluding carboxylic acids is 1. The number of amides is 1. The van der Waals surface area contributed by atoms with E-state index in [9.17, 15) is 9.90 Å². The minimum Gasteiger partial charge on any atom is -0.387 e. The Hall–Kier alpha value is -0.910. The molecule has 0 bridgehead atoms.